The molecule has 1 saturated carbocycles. The Balaban J connectivity index is 2.51. The van der Waals surface area contributed by atoms with E-state index in [2.05, 4.69) is 41.5 Å². The van der Waals surface area contributed by atoms with Crippen molar-refractivity contribution in [3.63, 3.8) is 0 Å². The number of hydrogen-bond donors (Lipinski definition) is 0. The number of hydrogen-bond acceptors (Lipinski definition) is 0. The molecule has 0 spiro atoms. The standard InChI is InChI=1S/C13H27P/c1-12(2,3)14(13(4,5)6)10-9-11-7-8-11/h11H,7-10H2,1-6H3. The summed E-state index contributed by atoms with van der Waals surface area (Å²) < 4.78 is 0. The molecule has 0 aromatic heterocycles. The Morgan fingerprint density at radius 3 is 1.64 bits per heavy atom. The Morgan fingerprint density at radius 2 is 1.36 bits per heavy atom. The summed E-state index contributed by atoms with van der Waals surface area (Å²) in [5.74, 6) is 1.10. The van der Waals surface area contributed by atoms with E-state index in [1.165, 1.54) is 25.4 Å². The molecule has 0 saturated heterocycles. The van der Waals surface area contributed by atoms with Crippen LogP contribution in [0.2, 0.25) is 0 Å². The molecule has 1 aliphatic rings. The topological polar surface area (TPSA) is 0 Å². The second kappa shape index (κ2) is 4.12. The molecule has 0 bridgehead atoms. The normalized spacial score (nSPS) is 19.1. The largest absolute Gasteiger partial charge is 0.0956 e. The molecule has 14 heavy (non-hydrogen) atoms. The summed E-state index contributed by atoms with van der Waals surface area (Å²) in [6.45, 7) is 14.6. The maximum Gasteiger partial charge on any atom is -0.0175 e. The Morgan fingerprint density at radius 1 is 0.929 bits per heavy atom. The highest BCUT2D eigenvalue weighted by molar-refractivity contribution is 7.60. The molecule has 0 radical (unpaired) electrons. The SMILES string of the molecule is CC(C)(C)P(CCC1CC1)C(C)(C)C. The van der Waals surface area contributed by atoms with Gasteiger partial charge in [-0.2, -0.15) is 0 Å². The van der Waals surface area contributed by atoms with Gasteiger partial charge >= 0.3 is 0 Å². The summed E-state index contributed by atoms with van der Waals surface area (Å²) in [6.07, 6.45) is 6.02. The van der Waals surface area contributed by atoms with Crippen molar-refractivity contribution in [3.05, 3.63) is 0 Å². The zero-order valence-corrected chi connectivity index (χ0v) is 11.7. The molecular weight excluding hydrogens is 187 g/mol. The van der Waals surface area contributed by atoms with Gasteiger partial charge in [0.25, 0.3) is 0 Å². The lowest BCUT2D eigenvalue weighted by Crippen LogP contribution is -2.26. The van der Waals surface area contributed by atoms with Gasteiger partial charge in [0.1, 0.15) is 0 Å². The summed E-state index contributed by atoms with van der Waals surface area (Å²) in [7, 11) is 0.165. The summed E-state index contributed by atoms with van der Waals surface area (Å²) in [6, 6.07) is 0. The van der Waals surface area contributed by atoms with Crippen molar-refractivity contribution in [2.45, 2.75) is 71.1 Å². The predicted molar refractivity (Wildman–Crippen MR) is 68.6 cm³/mol. The smallest absolute Gasteiger partial charge is 0.0175 e. The summed E-state index contributed by atoms with van der Waals surface area (Å²) >= 11 is 0. The lowest BCUT2D eigenvalue weighted by molar-refractivity contribution is 0.689. The van der Waals surface area contributed by atoms with Gasteiger partial charge < -0.3 is 0 Å². The highest BCUT2D eigenvalue weighted by atomic mass is 31.1. The Hall–Kier alpha value is 0.430. The fourth-order valence-corrected chi connectivity index (χ4v) is 6.37. The summed E-state index contributed by atoms with van der Waals surface area (Å²) in [5, 5.41) is 1.06. The molecule has 0 heterocycles. The van der Waals surface area contributed by atoms with Crippen LogP contribution >= 0.6 is 7.92 Å². The van der Waals surface area contributed by atoms with Crippen LogP contribution < -0.4 is 0 Å². The Kier molecular flexibility index (Phi) is 3.68. The van der Waals surface area contributed by atoms with Crippen LogP contribution in [-0.4, -0.2) is 16.5 Å². The third kappa shape index (κ3) is 3.89. The first-order chi connectivity index (χ1) is 6.21. The molecule has 0 atom stereocenters. The second-order valence-electron chi connectivity index (χ2n) is 6.73. The van der Waals surface area contributed by atoms with E-state index in [1.807, 2.05) is 0 Å². The highest BCUT2D eigenvalue weighted by Gasteiger charge is 2.35. The molecule has 0 aromatic rings. The van der Waals surface area contributed by atoms with Crippen LogP contribution in [0.3, 0.4) is 0 Å². The zero-order chi connectivity index (χ0) is 11.0. The van der Waals surface area contributed by atoms with Crippen molar-refractivity contribution in [3.8, 4) is 0 Å². The average Bonchev–Trinajstić information content (AvgIpc) is 2.64. The third-order valence-electron chi connectivity index (χ3n) is 3.08. The summed E-state index contributed by atoms with van der Waals surface area (Å²) in [5.41, 5.74) is 0. The maximum absolute atomic E-state index is 2.43. The van der Waals surface area contributed by atoms with Gasteiger partial charge in [0.15, 0.2) is 0 Å². The van der Waals surface area contributed by atoms with E-state index >= 15 is 0 Å². The summed E-state index contributed by atoms with van der Waals surface area (Å²) in [4.78, 5) is 0. The van der Waals surface area contributed by atoms with Gasteiger partial charge in [-0.25, -0.2) is 0 Å². The molecule has 0 nitrogen and oxygen atoms in total. The van der Waals surface area contributed by atoms with Gasteiger partial charge in [-0.05, 0) is 28.8 Å². The van der Waals surface area contributed by atoms with Crippen molar-refractivity contribution < 1.29 is 0 Å². The molecular formula is C13H27P. The van der Waals surface area contributed by atoms with E-state index in [1.54, 1.807) is 0 Å². The van der Waals surface area contributed by atoms with Crippen LogP contribution in [0.15, 0.2) is 0 Å². The Labute approximate surface area is 91.6 Å². The van der Waals surface area contributed by atoms with Crippen molar-refractivity contribution in [1.29, 1.82) is 0 Å². The van der Waals surface area contributed by atoms with Crippen molar-refractivity contribution in [2.24, 2.45) is 5.92 Å². The van der Waals surface area contributed by atoms with Gasteiger partial charge in [-0.15, -0.1) is 0 Å². The highest BCUT2D eigenvalue weighted by Crippen LogP contribution is 2.60. The molecule has 1 heteroatoms. The first kappa shape index (κ1) is 12.5. The lowest BCUT2D eigenvalue weighted by atomic mass is 10.2. The van der Waals surface area contributed by atoms with Gasteiger partial charge in [-0.1, -0.05) is 62.3 Å². The van der Waals surface area contributed by atoms with Crippen LogP contribution in [0.5, 0.6) is 0 Å². The molecule has 1 fully saturated rings. The predicted octanol–water partition coefficient (Wildman–Crippen LogP) is 4.87. The molecule has 0 aliphatic heterocycles. The van der Waals surface area contributed by atoms with Crippen molar-refractivity contribution >= 4 is 7.92 Å². The Bertz CT molecular complexity index is 164. The van der Waals surface area contributed by atoms with Gasteiger partial charge in [-0.3, -0.25) is 0 Å². The van der Waals surface area contributed by atoms with E-state index in [-0.39, 0.29) is 7.92 Å². The fraction of sp³-hybridized carbons (Fsp3) is 1.00. The van der Waals surface area contributed by atoms with Crippen LogP contribution in [0.4, 0.5) is 0 Å². The van der Waals surface area contributed by atoms with E-state index in [0.29, 0.717) is 10.3 Å². The minimum atomic E-state index is 0.165. The maximum atomic E-state index is 2.43. The first-order valence-electron chi connectivity index (χ1n) is 5.99. The minimum Gasteiger partial charge on any atom is -0.0956 e. The monoisotopic (exact) mass is 214 g/mol. The molecule has 0 amide bonds. The second-order valence-corrected chi connectivity index (χ2v) is 10.7. The molecule has 0 unspecified atom stereocenters. The van der Waals surface area contributed by atoms with Crippen LogP contribution in [0.1, 0.15) is 60.8 Å². The van der Waals surface area contributed by atoms with Gasteiger partial charge in [0.05, 0.1) is 0 Å². The van der Waals surface area contributed by atoms with Crippen molar-refractivity contribution in [1.82, 2.24) is 0 Å². The molecule has 1 aliphatic carbocycles. The molecule has 84 valence electrons. The lowest BCUT2D eigenvalue weighted by Gasteiger charge is -2.41. The van der Waals surface area contributed by atoms with Gasteiger partial charge in [0, 0.05) is 0 Å². The van der Waals surface area contributed by atoms with Crippen LogP contribution in [0.25, 0.3) is 0 Å². The first-order valence-corrected chi connectivity index (χ1v) is 7.52. The van der Waals surface area contributed by atoms with E-state index in [0.717, 1.165) is 5.92 Å². The third-order valence-corrected chi connectivity index (χ3v) is 7.02. The average molecular weight is 214 g/mol. The van der Waals surface area contributed by atoms with E-state index in [4.69, 9.17) is 0 Å². The van der Waals surface area contributed by atoms with Crippen molar-refractivity contribution in [2.75, 3.05) is 6.16 Å². The van der Waals surface area contributed by atoms with Crippen LogP contribution in [0, 0.1) is 5.92 Å². The number of rotatable bonds is 3. The fourth-order valence-electron chi connectivity index (χ4n) is 2.40. The minimum absolute atomic E-state index is 0.165. The quantitative estimate of drug-likeness (QED) is 0.588. The molecule has 0 aromatic carbocycles. The molecule has 0 N–H and O–H groups in total. The van der Waals surface area contributed by atoms with Gasteiger partial charge in [0.2, 0.25) is 0 Å². The zero-order valence-electron chi connectivity index (χ0n) is 10.9. The van der Waals surface area contributed by atoms with E-state index in [9.17, 15) is 0 Å². The van der Waals surface area contributed by atoms with E-state index < -0.39 is 0 Å². The molecule has 1 rings (SSSR count). The van der Waals surface area contributed by atoms with Crippen LogP contribution in [-0.2, 0) is 0 Å².